The van der Waals surface area contributed by atoms with Crippen LogP contribution in [0.5, 0.6) is 0 Å². The van der Waals surface area contributed by atoms with Gasteiger partial charge in [0.1, 0.15) is 0 Å². The first-order chi connectivity index (χ1) is 6.70. The Bertz CT molecular complexity index is 321. The first kappa shape index (κ1) is 10.6. The Hall–Kier alpha value is -1.43. The number of nitrogens with two attached hydrogens (primary N) is 1. The fourth-order valence-corrected chi connectivity index (χ4v) is 1.27. The van der Waals surface area contributed by atoms with Gasteiger partial charge in [0.05, 0.1) is 5.69 Å². The molecule has 6 nitrogen and oxygen atoms in total. The first-order valence-electron chi connectivity index (χ1n) is 4.56. The van der Waals surface area contributed by atoms with Gasteiger partial charge in [-0.25, -0.2) is 9.48 Å². The van der Waals surface area contributed by atoms with E-state index in [4.69, 9.17) is 10.8 Å². The van der Waals surface area contributed by atoms with Gasteiger partial charge in [0.2, 0.25) is 0 Å². The lowest BCUT2D eigenvalue weighted by Gasteiger charge is -2.02. The number of aryl methyl sites for hydroxylation is 1. The van der Waals surface area contributed by atoms with Crippen molar-refractivity contribution in [3.63, 3.8) is 0 Å². The Kier molecular flexibility index (Phi) is 3.58. The van der Waals surface area contributed by atoms with Gasteiger partial charge in [-0.15, -0.1) is 5.10 Å². The number of nitrogens with zero attached hydrogens (tertiary/aromatic N) is 3. The number of hydrogen-bond donors (Lipinski definition) is 2. The van der Waals surface area contributed by atoms with Crippen molar-refractivity contribution in [3.05, 3.63) is 11.4 Å². The average Bonchev–Trinajstić information content (AvgIpc) is 2.57. The lowest BCUT2D eigenvalue weighted by molar-refractivity contribution is 0.0689. The average molecular weight is 198 g/mol. The lowest BCUT2D eigenvalue weighted by atomic mass is 10.2. The Balaban J connectivity index is 2.89. The highest BCUT2D eigenvalue weighted by Gasteiger charge is 2.16. The molecule has 3 N–H and O–H groups in total. The summed E-state index contributed by atoms with van der Waals surface area (Å²) in [5, 5.41) is 16.2. The normalized spacial score (nSPS) is 10.4. The topological polar surface area (TPSA) is 94.0 Å². The van der Waals surface area contributed by atoms with Gasteiger partial charge in [0.25, 0.3) is 0 Å². The smallest absolute Gasteiger partial charge is 0.358 e. The monoisotopic (exact) mass is 198 g/mol. The number of carbonyl (C=O) groups is 1. The van der Waals surface area contributed by atoms with Crippen molar-refractivity contribution in [1.29, 1.82) is 0 Å². The summed E-state index contributed by atoms with van der Waals surface area (Å²) in [6, 6.07) is 0. The molecule has 0 bridgehead atoms. The molecule has 0 saturated heterocycles. The van der Waals surface area contributed by atoms with E-state index in [2.05, 4.69) is 10.3 Å². The maximum Gasteiger partial charge on any atom is 0.358 e. The van der Waals surface area contributed by atoms with Crippen molar-refractivity contribution in [2.24, 2.45) is 5.73 Å². The van der Waals surface area contributed by atoms with Crippen molar-refractivity contribution < 1.29 is 9.90 Å². The molecule has 1 aromatic rings. The molecule has 0 unspecified atom stereocenters. The van der Waals surface area contributed by atoms with Gasteiger partial charge in [-0.1, -0.05) is 12.1 Å². The van der Waals surface area contributed by atoms with Crippen LogP contribution in [-0.2, 0) is 13.0 Å². The van der Waals surface area contributed by atoms with E-state index < -0.39 is 5.97 Å². The maximum absolute atomic E-state index is 10.7. The van der Waals surface area contributed by atoms with E-state index in [0.717, 1.165) is 6.42 Å². The first-order valence-corrected chi connectivity index (χ1v) is 4.56. The zero-order valence-corrected chi connectivity index (χ0v) is 8.10. The third-order valence-corrected chi connectivity index (χ3v) is 1.95. The van der Waals surface area contributed by atoms with Crippen LogP contribution < -0.4 is 5.73 Å². The van der Waals surface area contributed by atoms with Crippen LogP contribution in [0.3, 0.4) is 0 Å². The highest BCUT2D eigenvalue weighted by atomic mass is 16.4. The van der Waals surface area contributed by atoms with Crippen molar-refractivity contribution in [2.45, 2.75) is 26.3 Å². The van der Waals surface area contributed by atoms with Crippen molar-refractivity contribution >= 4 is 5.97 Å². The number of rotatable bonds is 5. The molecule has 1 rings (SSSR count). The van der Waals surface area contributed by atoms with Crippen LogP contribution in [-0.4, -0.2) is 32.6 Å². The van der Waals surface area contributed by atoms with Gasteiger partial charge in [-0.2, -0.15) is 0 Å². The number of aromatic nitrogens is 3. The molecular formula is C8H14N4O2. The predicted molar refractivity (Wildman–Crippen MR) is 50.0 cm³/mol. The second-order valence-corrected chi connectivity index (χ2v) is 2.91. The summed E-state index contributed by atoms with van der Waals surface area (Å²) in [4.78, 5) is 10.7. The summed E-state index contributed by atoms with van der Waals surface area (Å²) >= 11 is 0. The van der Waals surface area contributed by atoms with Crippen LogP contribution in [0.1, 0.15) is 29.5 Å². The molecule has 0 aromatic carbocycles. The summed E-state index contributed by atoms with van der Waals surface area (Å²) in [6.07, 6.45) is 1.38. The molecule has 0 aliphatic rings. The van der Waals surface area contributed by atoms with E-state index in [1.807, 2.05) is 6.92 Å². The third kappa shape index (κ3) is 2.08. The standard InChI is InChI=1S/C8H14N4O2/c1-2-6-7(8(13)14)10-11-12(6)5-3-4-9/h2-5,9H2,1H3,(H,13,14). The summed E-state index contributed by atoms with van der Waals surface area (Å²) in [5.41, 5.74) is 6.06. The minimum Gasteiger partial charge on any atom is -0.476 e. The van der Waals surface area contributed by atoms with Crippen LogP contribution >= 0.6 is 0 Å². The molecule has 0 saturated carbocycles. The highest BCUT2D eigenvalue weighted by molar-refractivity contribution is 5.86. The van der Waals surface area contributed by atoms with Crippen molar-refractivity contribution in [1.82, 2.24) is 15.0 Å². The van der Waals surface area contributed by atoms with Gasteiger partial charge < -0.3 is 10.8 Å². The molecule has 0 aliphatic carbocycles. The molecule has 0 aliphatic heterocycles. The molecule has 6 heteroatoms. The van der Waals surface area contributed by atoms with Crippen molar-refractivity contribution in [3.8, 4) is 0 Å². The fraction of sp³-hybridized carbons (Fsp3) is 0.625. The molecule has 14 heavy (non-hydrogen) atoms. The molecule has 0 atom stereocenters. The van der Waals surface area contributed by atoms with Gasteiger partial charge in [0, 0.05) is 6.54 Å². The highest BCUT2D eigenvalue weighted by Crippen LogP contribution is 2.06. The summed E-state index contributed by atoms with van der Waals surface area (Å²) in [6.45, 7) is 3.06. The molecule has 0 fully saturated rings. The van der Waals surface area contributed by atoms with Crippen molar-refractivity contribution in [2.75, 3.05) is 6.54 Å². The summed E-state index contributed by atoms with van der Waals surface area (Å²) < 4.78 is 1.61. The van der Waals surface area contributed by atoms with E-state index in [1.165, 1.54) is 0 Å². The third-order valence-electron chi connectivity index (χ3n) is 1.95. The van der Waals surface area contributed by atoms with Crippen LogP contribution in [0.25, 0.3) is 0 Å². The lowest BCUT2D eigenvalue weighted by Crippen LogP contribution is -2.10. The quantitative estimate of drug-likeness (QED) is 0.688. The van der Waals surface area contributed by atoms with Gasteiger partial charge in [0.15, 0.2) is 5.69 Å². The number of carboxylic acids is 1. The van der Waals surface area contributed by atoms with Gasteiger partial charge in [-0.05, 0) is 19.4 Å². The summed E-state index contributed by atoms with van der Waals surface area (Å²) in [7, 11) is 0. The largest absolute Gasteiger partial charge is 0.476 e. The van der Waals surface area contributed by atoms with E-state index >= 15 is 0 Å². The van der Waals surface area contributed by atoms with Crippen LogP contribution in [0.15, 0.2) is 0 Å². The Morgan fingerprint density at radius 2 is 2.36 bits per heavy atom. The zero-order valence-electron chi connectivity index (χ0n) is 8.10. The van der Waals surface area contributed by atoms with E-state index in [-0.39, 0.29) is 5.69 Å². The second-order valence-electron chi connectivity index (χ2n) is 2.91. The Labute approximate surface area is 81.7 Å². The van der Waals surface area contributed by atoms with Crippen LogP contribution in [0.2, 0.25) is 0 Å². The zero-order chi connectivity index (χ0) is 10.6. The van der Waals surface area contributed by atoms with E-state index in [0.29, 0.717) is 25.2 Å². The number of aromatic carboxylic acids is 1. The second kappa shape index (κ2) is 4.71. The molecular weight excluding hydrogens is 184 g/mol. The fourth-order valence-electron chi connectivity index (χ4n) is 1.27. The predicted octanol–water partition coefficient (Wildman–Crippen LogP) is -0.113. The number of hydrogen-bond acceptors (Lipinski definition) is 4. The minimum absolute atomic E-state index is 0.0459. The SMILES string of the molecule is CCc1c(C(=O)O)nnn1CCCN. The molecule has 1 aromatic heterocycles. The molecule has 78 valence electrons. The molecule has 0 amide bonds. The maximum atomic E-state index is 10.7. The van der Waals surface area contributed by atoms with E-state index in [9.17, 15) is 4.79 Å². The van der Waals surface area contributed by atoms with Crippen LogP contribution in [0.4, 0.5) is 0 Å². The van der Waals surface area contributed by atoms with E-state index in [1.54, 1.807) is 4.68 Å². The van der Waals surface area contributed by atoms with Crippen LogP contribution in [0, 0.1) is 0 Å². The Morgan fingerprint density at radius 1 is 1.64 bits per heavy atom. The molecule has 0 radical (unpaired) electrons. The minimum atomic E-state index is -1.03. The number of carboxylic acid groups (broad SMARTS) is 1. The Morgan fingerprint density at radius 3 is 2.86 bits per heavy atom. The summed E-state index contributed by atoms with van der Waals surface area (Å²) in [5.74, 6) is -1.03. The van der Waals surface area contributed by atoms with Gasteiger partial charge >= 0.3 is 5.97 Å². The molecule has 0 spiro atoms. The molecule has 1 heterocycles. The van der Waals surface area contributed by atoms with Gasteiger partial charge in [-0.3, -0.25) is 0 Å².